The molecule has 0 spiro atoms. The van der Waals surface area contributed by atoms with Crippen LogP contribution in [0.5, 0.6) is 0 Å². The normalized spacial score (nSPS) is 11.7. The molecule has 1 heterocycles. The minimum atomic E-state index is 0.554. The number of fused-ring (bicyclic) bond motifs is 1. The molecule has 0 aliphatic carbocycles. The first-order valence-electron chi connectivity index (χ1n) is 6.70. The van der Waals surface area contributed by atoms with Crippen LogP contribution in [0, 0.1) is 13.8 Å². The average molecular weight is 244 g/mol. The maximum Gasteiger partial charge on any atom is 0.0513 e. The summed E-state index contributed by atoms with van der Waals surface area (Å²) in [4.78, 5) is 0. The summed E-state index contributed by atoms with van der Waals surface area (Å²) in [7, 11) is 4.20. The van der Waals surface area contributed by atoms with E-state index in [9.17, 15) is 0 Å². The summed E-state index contributed by atoms with van der Waals surface area (Å²) < 4.78 is 2.36. The number of hydrogen-bond acceptors (Lipinski definition) is 1. The molecule has 2 aromatic rings. The summed E-state index contributed by atoms with van der Waals surface area (Å²) in [5.41, 5.74) is 7.01. The van der Waals surface area contributed by atoms with Crippen molar-refractivity contribution < 1.29 is 0 Å². The molecular weight excluding hydrogens is 220 g/mol. The van der Waals surface area contributed by atoms with Gasteiger partial charge in [-0.3, -0.25) is 0 Å². The zero-order valence-electron chi connectivity index (χ0n) is 12.4. The van der Waals surface area contributed by atoms with Crippen molar-refractivity contribution in [3.8, 4) is 0 Å². The van der Waals surface area contributed by atoms with Crippen molar-refractivity contribution >= 4 is 10.9 Å². The van der Waals surface area contributed by atoms with E-state index in [4.69, 9.17) is 0 Å². The number of aryl methyl sites for hydroxylation is 3. The highest BCUT2D eigenvalue weighted by Gasteiger charge is 2.18. The molecule has 0 bridgehead atoms. The van der Waals surface area contributed by atoms with Gasteiger partial charge in [0.25, 0.3) is 0 Å². The summed E-state index contributed by atoms with van der Waals surface area (Å²) in [5, 5.41) is 4.72. The highest BCUT2D eigenvalue weighted by Crippen LogP contribution is 2.33. The molecule has 1 N–H and O–H groups in total. The number of hydrogen-bond donors (Lipinski definition) is 1. The Hall–Kier alpha value is -1.28. The van der Waals surface area contributed by atoms with Crippen LogP contribution in [0.25, 0.3) is 10.9 Å². The van der Waals surface area contributed by atoms with Crippen LogP contribution < -0.4 is 5.32 Å². The number of rotatable bonds is 3. The highest BCUT2D eigenvalue weighted by molar-refractivity contribution is 5.89. The second kappa shape index (κ2) is 4.77. The van der Waals surface area contributed by atoms with Crippen molar-refractivity contribution in [1.82, 2.24) is 9.88 Å². The van der Waals surface area contributed by atoms with Crippen LogP contribution >= 0.6 is 0 Å². The van der Waals surface area contributed by atoms with Crippen molar-refractivity contribution in [2.75, 3.05) is 7.05 Å². The Kier molecular flexibility index (Phi) is 3.49. The van der Waals surface area contributed by atoms with Gasteiger partial charge < -0.3 is 9.88 Å². The third-order valence-electron chi connectivity index (χ3n) is 3.71. The van der Waals surface area contributed by atoms with Gasteiger partial charge in [0.15, 0.2) is 0 Å². The van der Waals surface area contributed by atoms with Crippen LogP contribution in [0.15, 0.2) is 12.1 Å². The summed E-state index contributed by atoms with van der Waals surface area (Å²) in [6, 6.07) is 4.60. The minimum absolute atomic E-state index is 0.554. The van der Waals surface area contributed by atoms with E-state index in [1.807, 2.05) is 7.05 Å². The lowest BCUT2D eigenvalue weighted by molar-refractivity contribution is 0.717. The second-order valence-electron chi connectivity index (χ2n) is 5.58. The third kappa shape index (κ3) is 1.95. The van der Waals surface area contributed by atoms with Gasteiger partial charge in [-0.05, 0) is 44.0 Å². The predicted octanol–water partition coefficient (Wildman–Crippen LogP) is 3.64. The van der Waals surface area contributed by atoms with E-state index in [1.54, 1.807) is 0 Å². The van der Waals surface area contributed by atoms with Crippen molar-refractivity contribution in [1.29, 1.82) is 0 Å². The second-order valence-corrected chi connectivity index (χ2v) is 5.58. The minimum Gasteiger partial charge on any atom is -0.346 e. The quantitative estimate of drug-likeness (QED) is 0.872. The maximum atomic E-state index is 3.29. The molecule has 0 atom stereocenters. The van der Waals surface area contributed by atoms with Crippen molar-refractivity contribution in [3.05, 3.63) is 34.5 Å². The van der Waals surface area contributed by atoms with Gasteiger partial charge in [-0.1, -0.05) is 25.5 Å². The molecule has 2 nitrogen and oxygen atoms in total. The van der Waals surface area contributed by atoms with Crippen LogP contribution in [0.4, 0.5) is 0 Å². The Morgan fingerprint density at radius 3 is 2.44 bits per heavy atom. The molecule has 0 unspecified atom stereocenters. The zero-order valence-corrected chi connectivity index (χ0v) is 12.4. The van der Waals surface area contributed by atoms with Gasteiger partial charge >= 0.3 is 0 Å². The first-order chi connectivity index (χ1) is 8.47. The lowest BCUT2D eigenvalue weighted by atomic mass is 9.97. The molecule has 0 aliphatic rings. The van der Waals surface area contributed by atoms with Crippen LogP contribution in [-0.2, 0) is 13.6 Å². The highest BCUT2D eigenvalue weighted by atomic mass is 15.0. The largest absolute Gasteiger partial charge is 0.346 e. The van der Waals surface area contributed by atoms with Gasteiger partial charge in [-0.25, -0.2) is 0 Å². The average Bonchev–Trinajstić information content (AvgIpc) is 2.52. The molecule has 0 saturated carbocycles. The standard InChI is InChI=1S/C16H24N2/c1-10(2)15-13-8-11(3)7-12(4)16(13)18(6)14(15)9-17-5/h7-8,10,17H,9H2,1-6H3. The van der Waals surface area contributed by atoms with E-state index in [-0.39, 0.29) is 0 Å². The Morgan fingerprint density at radius 2 is 1.89 bits per heavy atom. The monoisotopic (exact) mass is 244 g/mol. The zero-order chi connectivity index (χ0) is 13.4. The van der Waals surface area contributed by atoms with Gasteiger partial charge in [0.1, 0.15) is 0 Å². The molecule has 0 aliphatic heterocycles. The lowest BCUT2D eigenvalue weighted by Gasteiger charge is -2.10. The van der Waals surface area contributed by atoms with E-state index in [0.717, 1.165) is 6.54 Å². The predicted molar refractivity (Wildman–Crippen MR) is 79.2 cm³/mol. The SMILES string of the molecule is CNCc1c(C(C)C)c2cc(C)cc(C)c2n1C. The summed E-state index contributed by atoms with van der Waals surface area (Å²) in [6.45, 7) is 9.89. The van der Waals surface area contributed by atoms with Crippen molar-refractivity contribution in [2.24, 2.45) is 7.05 Å². The van der Waals surface area contributed by atoms with Crippen LogP contribution in [0.2, 0.25) is 0 Å². The number of nitrogens with zero attached hydrogens (tertiary/aromatic N) is 1. The number of aromatic nitrogens is 1. The van der Waals surface area contributed by atoms with Crippen LogP contribution in [-0.4, -0.2) is 11.6 Å². The van der Waals surface area contributed by atoms with E-state index in [2.05, 4.69) is 56.8 Å². The molecule has 98 valence electrons. The molecule has 0 radical (unpaired) electrons. The van der Waals surface area contributed by atoms with Gasteiger partial charge in [0, 0.05) is 24.7 Å². The molecule has 2 heteroatoms. The van der Waals surface area contributed by atoms with E-state index < -0.39 is 0 Å². The van der Waals surface area contributed by atoms with Crippen molar-refractivity contribution in [2.45, 2.75) is 40.2 Å². The molecule has 0 amide bonds. The van der Waals surface area contributed by atoms with Gasteiger partial charge in [-0.15, -0.1) is 0 Å². The van der Waals surface area contributed by atoms with Gasteiger partial charge in [0.05, 0.1) is 5.52 Å². The Morgan fingerprint density at radius 1 is 1.22 bits per heavy atom. The van der Waals surface area contributed by atoms with Gasteiger partial charge in [-0.2, -0.15) is 0 Å². The molecule has 0 saturated heterocycles. The summed E-state index contributed by atoms with van der Waals surface area (Å²) in [5.74, 6) is 0.554. The van der Waals surface area contributed by atoms with E-state index in [0.29, 0.717) is 5.92 Å². The Bertz CT molecular complexity index is 577. The lowest BCUT2D eigenvalue weighted by Crippen LogP contribution is -2.11. The maximum absolute atomic E-state index is 3.29. The molecule has 1 aromatic heterocycles. The third-order valence-corrected chi connectivity index (χ3v) is 3.71. The first-order valence-corrected chi connectivity index (χ1v) is 6.70. The fraction of sp³-hybridized carbons (Fsp3) is 0.500. The number of nitrogens with one attached hydrogen (secondary N) is 1. The summed E-state index contributed by atoms with van der Waals surface area (Å²) >= 11 is 0. The summed E-state index contributed by atoms with van der Waals surface area (Å²) in [6.07, 6.45) is 0. The van der Waals surface area contributed by atoms with Crippen molar-refractivity contribution in [3.63, 3.8) is 0 Å². The fourth-order valence-electron chi connectivity index (χ4n) is 3.11. The topological polar surface area (TPSA) is 17.0 Å². The van der Waals surface area contributed by atoms with E-state index in [1.165, 1.54) is 33.3 Å². The van der Waals surface area contributed by atoms with Crippen LogP contribution in [0.1, 0.15) is 42.1 Å². The fourth-order valence-corrected chi connectivity index (χ4v) is 3.11. The van der Waals surface area contributed by atoms with Crippen LogP contribution in [0.3, 0.4) is 0 Å². The number of benzene rings is 1. The van der Waals surface area contributed by atoms with Gasteiger partial charge in [0.2, 0.25) is 0 Å². The molecule has 0 fully saturated rings. The molecule has 2 rings (SSSR count). The molecular formula is C16H24N2. The molecule has 1 aromatic carbocycles. The smallest absolute Gasteiger partial charge is 0.0513 e. The first kappa shape index (κ1) is 13.2. The Labute approximate surface area is 110 Å². The van der Waals surface area contributed by atoms with E-state index >= 15 is 0 Å². The molecule has 18 heavy (non-hydrogen) atoms. The Balaban J connectivity index is 2.87.